The maximum Gasteiger partial charge on any atom is 0.0582 e. The Labute approximate surface area is 121 Å². The molecule has 2 heteroatoms. The smallest absolute Gasteiger partial charge is 0.0582 e. The summed E-state index contributed by atoms with van der Waals surface area (Å²) in [4.78, 5) is 0. The van der Waals surface area contributed by atoms with Gasteiger partial charge in [-0.15, -0.1) is 0 Å². The van der Waals surface area contributed by atoms with Crippen molar-refractivity contribution in [3.8, 4) is 0 Å². The molecule has 2 rings (SSSR count). The second-order valence-corrected chi connectivity index (χ2v) is 5.45. The van der Waals surface area contributed by atoms with Crippen LogP contribution in [-0.2, 0) is 0 Å². The molecule has 2 aromatic carbocycles. The van der Waals surface area contributed by atoms with Gasteiger partial charge in [-0.3, -0.25) is 0 Å². The SMILES string of the molecule is CC(CC(N)CO)C(c1ccccc1)c1ccccc1. The predicted molar refractivity (Wildman–Crippen MR) is 83.6 cm³/mol. The summed E-state index contributed by atoms with van der Waals surface area (Å²) in [6.45, 7) is 2.25. The number of hydrogen-bond acceptors (Lipinski definition) is 2. The lowest BCUT2D eigenvalue weighted by Gasteiger charge is -2.27. The largest absolute Gasteiger partial charge is 0.395 e. The molecule has 0 aromatic heterocycles. The van der Waals surface area contributed by atoms with E-state index in [9.17, 15) is 5.11 Å². The molecule has 0 aliphatic carbocycles. The van der Waals surface area contributed by atoms with Gasteiger partial charge in [0.25, 0.3) is 0 Å². The minimum Gasteiger partial charge on any atom is -0.395 e. The molecule has 0 radical (unpaired) electrons. The standard InChI is InChI=1S/C18H23NO/c1-14(12-17(19)13-20)18(15-8-4-2-5-9-15)16-10-6-3-7-11-16/h2-11,14,17-18,20H,12-13,19H2,1H3. The van der Waals surface area contributed by atoms with Crippen LogP contribution in [0.25, 0.3) is 0 Å². The maximum absolute atomic E-state index is 9.18. The summed E-state index contributed by atoms with van der Waals surface area (Å²) in [7, 11) is 0. The summed E-state index contributed by atoms with van der Waals surface area (Å²) in [5, 5.41) is 9.18. The molecule has 0 fully saturated rings. The molecule has 20 heavy (non-hydrogen) atoms. The average molecular weight is 269 g/mol. The normalized spacial score (nSPS) is 14.2. The van der Waals surface area contributed by atoms with Gasteiger partial charge in [0.15, 0.2) is 0 Å². The molecule has 0 amide bonds. The van der Waals surface area contributed by atoms with Gasteiger partial charge in [0.2, 0.25) is 0 Å². The highest BCUT2D eigenvalue weighted by atomic mass is 16.3. The summed E-state index contributed by atoms with van der Waals surface area (Å²) in [6.07, 6.45) is 0.810. The Bertz CT molecular complexity index is 458. The minimum atomic E-state index is -0.153. The number of benzene rings is 2. The average Bonchev–Trinajstić information content (AvgIpc) is 2.49. The highest BCUT2D eigenvalue weighted by Gasteiger charge is 2.22. The van der Waals surface area contributed by atoms with Crippen molar-refractivity contribution in [3.05, 3.63) is 71.8 Å². The first-order valence-electron chi connectivity index (χ1n) is 7.18. The van der Waals surface area contributed by atoms with Crippen LogP contribution < -0.4 is 5.73 Å². The number of aliphatic hydroxyl groups excluding tert-OH is 1. The van der Waals surface area contributed by atoms with E-state index >= 15 is 0 Å². The summed E-state index contributed by atoms with van der Waals surface area (Å²) in [5.41, 5.74) is 8.52. The van der Waals surface area contributed by atoms with Crippen molar-refractivity contribution in [1.29, 1.82) is 0 Å². The summed E-state index contributed by atoms with van der Waals surface area (Å²) < 4.78 is 0. The van der Waals surface area contributed by atoms with E-state index in [4.69, 9.17) is 5.73 Å². The highest BCUT2D eigenvalue weighted by molar-refractivity contribution is 5.33. The molecule has 0 aliphatic heterocycles. The molecule has 0 heterocycles. The molecule has 3 N–H and O–H groups in total. The lowest BCUT2D eigenvalue weighted by atomic mass is 9.79. The first kappa shape index (κ1) is 14.8. The van der Waals surface area contributed by atoms with Crippen LogP contribution in [0, 0.1) is 5.92 Å². The quantitative estimate of drug-likeness (QED) is 0.846. The third kappa shape index (κ3) is 3.69. The van der Waals surface area contributed by atoms with Gasteiger partial charge in [-0.1, -0.05) is 67.6 Å². The van der Waals surface area contributed by atoms with E-state index in [1.807, 2.05) is 12.1 Å². The molecule has 0 saturated heterocycles. The summed E-state index contributed by atoms with van der Waals surface area (Å²) in [6, 6.07) is 20.9. The van der Waals surface area contributed by atoms with Crippen LogP contribution in [0.15, 0.2) is 60.7 Å². The molecular weight excluding hydrogens is 246 g/mol. The first-order valence-corrected chi connectivity index (χ1v) is 7.18. The zero-order valence-corrected chi connectivity index (χ0v) is 11.9. The van der Waals surface area contributed by atoms with Gasteiger partial charge in [0.1, 0.15) is 0 Å². The molecular formula is C18H23NO. The van der Waals surface area contributed by atoms with Crippen LogP contribution >= 0.6 is 0 Å². The number of hydrogen-bond donors (Lipinski definition) is 2. The second-order valence-electron chi connectivity index (χ2n) is 5.45. The van der Waals surface area contributed by atoms with Gasteiger partial charge in [-0.2, -0.15) is 0 Å². The van der Waals surface area contributed by atoms with Gasteiger partial charge in [0.05, 0.1) is 6.61 Å². The van der Waals surface area contributed by atoms with Crippen molar-refractivity contribution in [2.45, 2.75) is 25.3 Å². The van der Waals surface area contributed by atoms with Crippen molar-refractivity contribution in [1.82, 2.24) is 0 Å². The molecule has 2 nitrogen and oxygen atoms in total. The zero-order valence-electron chi connectivity index (χ0n) is 11.9. The predicted octanol–water partition coefficient (Wildman–Crippen LogP) is 3.16. The molecule has 0 saturated carbocycles. The third-order valence-electron chi connectivity index (χ3n) is 3.80. The molecule has 0 spiro atoms. The van der Waals surface area contributed by atoms with Crippen LogP contribution in [0.1, 0.15) is 30.4 Å². The molecule has 2 unspecified atom stereocenters. The highest BCUT2D eigenvalue weighted by Crippen LogP contribution is 2.34. The van der Waals surface area contributed by atoms with Crippen molar-refractivity contribution in [3.63, 3.8) is 0 Å². The molecule has 0 bridgehead atoms. The molecule has 106 valence electrons. The Morgan fingerprint density at radius 2 is 1.35 bits per heavy atom. The fourth-order valence-electron chi connectivity index (χ4n) is 2.86. The van der Waals surface area contributed by atoms with Crippen molar-refractivity contribution in [2.24, 2.45) is 11.7 Å². The summed E-state index contributed by atoms with van der Waals surface area (Å²) in [5.74, 6) is 0.692. The fraction of sp³-hybridized carbons (Fsp3) is 0.333. The Kier molecular flexibility index (Phi) is 5.33. The zero-order chi connectivity index (χ0) is 14.4. The van der Waals surface area contributed by atoms with Gasteiger partial charge >= 0.3 is 0 Å². The van der Waals surface area contributed by atoms with Crippen molar-refractivity contribution >= 4 is 0 Å². The third-order valence-corrected chi connectivity index (χ3v) is 3.80. The number of nitrogens with two attached hydrogens (primary N) is 1. The van der Waals surface area contributed by atoms with E-state index in [-0.39, 0.29) is 12.6 Å². The van der Waals surface area contributed by atoms with Gasteiger partial charge < -0.3 is 10.8 Å². The van der Waals surface area contributed by atoms with Crippen LogP contribution in [0.2, 0.25) is 0 Å². The Hall–Kier alpha value is -1.64. The second kappa shape index (κ2) is 7.22. The van der Waals surface area contributed by atoms with Gasteiger partial charge in [-0.05, 0) is 23.5 Å². The van der Waals surface area contributed by atoms with Crippen LogP contribution in [-0.4, -0.2) is 17.8 Å². The summed E-state index contributed by atoms with van der Waals surface area (Å²) >= 11 is 0. The van der Waals surface area contributed by atoms with E-state index in [0.717, 1.165) is 6.42 Å². The number of rotatable bonds is 6. The van der Waals surface area contributed by atoms with Crippen molar-refractivity contribution < 1.29 is 5.11 Å². The molecule has 2 atom stereocenters. The Balaban J connectivity index is 2.30. The van der Waals surface area contributed by atoms with Crippen molar-refractivity contribution in [2.75, 3.05) is 6.61 Å². The van der Waals surface area contributed by atoms with Crippen LogP contribution in [0.3, 0.4) is 0 Å². The first-order chi connectivity index (χ1) is 9.72. The lowest BCUT2D eigenvalue weighted by Crippen LogP contribution is -2.28. The Morgan fingerprint density at radius 1 is 0.900 bits per heavy atom. The minimum absolute atomic E-state index is 0.0423. The maximum atomic E-state index is 9.18. The molecule has 0 aliphatic rings. The van der Waals surface area contributed by atoms with E-state index in [2.05, 4.69) is 55.5 Å². The lowest BCUT2D eigenvalue weighted by molar-refractivity contribution is 0.243. The fourth-order valence-corrected chi connectivity index (χ4v) is 2.86. The topological polar surface area (TPSA) is 46.2 Å². The number of aliphatic hydroxyl groups is 1. The van der Waals surface area contributed by atoms with E-state index in [1.54, 1.807) is 0 Å². The van der Waals surface area contributed by atoms with Crippen LogP contribution in [0.4, 0.5) is 0 Å². The van der Waals surface area contributed by atoms with E-state index < -0.39 is 0 Å². The van der Waals surface area contributed by atoms with E-state index in [1.165, 1.54) is 11.1 Å². The molecule has 2 aromatic rings. The Morgan fingerprint density at radius 3 is 1.75 bits per heavy atom. The van der Waals surface area contributed by atoms with Crippen LogP contribution in [0.5, 0.6) is 0 Å². The van der Waals surface area contributed by atoms with Gasteiger partial charge in [-0.25, -0.2) is 0 Å². The monoisotopic (exact) mass is 269 g/mol. The van der Waals surface area contributed by atoms with E-state index in [0.29, 0.717) is 11.8 Å². The van der Waals surface area contributed by atoms with Gasteiger partial charge in [0, 0.05) is 12.0 Å².